The van der Waals surface area contributed by atoms with Crippen LogP contribution in [0.2, 0.25) is 39.3 Å². The lowest BCUT2D eigenvalue weighted by atomic mass is 10.1. The van der Waals surface area contributed by atoms with Gasteiger partial charge in [-0.2, -0.15) is 0 Å². The third-order valence-corrected chi connectivity index (χ3v) is 7.26. The number of rotatable bonds is 3. The SMILES string of the molecule is CN=Cc1c([Si](C)(C)C)cc(C)cc1[Si](C)(C)C. The quantitative estimate of drug-likeness (QED) is 0.594. The van der Waals surface area contributed by atoms with Gasteiger partial charge in [0.15, 0.2) is 0 Å². The van der Waals surface area contributed by atoms with Gasteiger partial charge in [-0.25, -0.2) is 0 Å². The van der Waals surface area contributed by atoms with E-state index in [4.69, 9.17) is 0 Å². The molecule has 0 unspecified atom stereocenters. The number of benzene rings is 1. The van der Waals surface area contributed by atoms with E-state index >= 15 is 0 Å². The Balaban J connectivity index is 3.68. The summed E-state index contributed by atoms with van der Waals surface area (Å²) in [6.07, 6.45) is 2.08. The monoisotopic (exact) mass is 277 g/mol. The highest BCUT2D eigenvalue weighted by molar-refractivity contribution is 6.92. The smallest absolute Gasteiger partial charge is 0.0784 e. The van der Waals surface area contributed by atoms with Crippen LogP contribution in [0.5, 0.6) is 0 Å². The van der Waals surface area contributed by atoms with Gasteiger partial charge in [0.1, 0.15) is 0 Å². The van der Waals surface area contributed by atoms with Crippen molar-refractivity contribution in [3.8, 4) is 0 Å². The van der Waals surface area contributed by atoms with E-state index in [1.165, 1.54) is 11.1 Å². The molecule has 0 saturated carbocycles. The lowest BCUT2D eigenvalue weighted by Crippen LogP contribution is -2.49. The van der Waals surface area contributed by atoms with Crippen molar-refractivity contribution in [2.45, 2.75) is 46.2 Å². The molecule has 0 atom stereocenters. The van der Waals surface area contributed by atoms with E-state index in [2.05, 4.69) is 69.5 Å². The Labute approximate surface area is 114 Å². The van der Waals surface area contributed by atoms with Gasteiger partial charge in [0.2, 0.25) is 0 Å². The van der Waals surface area contributed by atoms with Gasteiger partial charge in [-0.3, -0.25) is 4.99 Å². The molecule has 0 amide bonds. The van der Waals surface area contributed by atoms with E-state index in [0.717, 1.165) is 0 Å². The molecule has 0 aliphatic heterocycles. The molecule has 0 aliphatic rings. The van der Waals surface area contributed by atoms with E-state index in [1.54, 1.807) is 10.4 Å². The Morgan fingerprint density at radius 3 is 1.56 bits per heavy atom. The highest BCUT2D eigenvalue weighted by Crippen LogP contribution is 2.12. The van der Waals surface area contributed by atoms with Crippen LogP contribution in [-0.4, -0.2) is 29.4 Å². The maximum absolute atomic E-state index is 4.30. The summed E-state index contributed by atoms with van der Waals surface area (Å²) < 4.78 is 0. The maximum Gasteiger partial charge on any atom is 0.0784 e. The topological polar surface area (TPSA) is 12.4 Å². The second kappa shape index (κ2) is 5.13. The molecule has 0 saturated heterocycles. The van der Waals surface area contributed by atoms with Crippen molar-refractivity contribution in [2.75, 3.05) is 7.05 Å². The number of aliphatic imine (C=N–C) groups is 1. The first-order valence-electron chi connectivity index (χ1n) is 6.65. The van der Waals surface area contributed by atoms with Crippen molar-refractivity contribution < 1.29 is 0 Å². The Morgan fingerprint density at radius 1 is 0.889 bits per heavy atom. The molecule has 0 bridgehead atoms. The summed E-state index contributed by atoms with van der Waals surface area (Å²) in [5, 5.41) is 3.12. The van der Waals surface area contributed by atoms with Crippen molar-refractivity contribution >= 4 is 32.7 Å². The normalized spacial score (nSPS) is 13.3. The molecule has 0 N–H and O–H groups in total. The summed E-state index contributed by atoms with van der Waals surface area (Å²) in [6, 6.07) is 4.76. The maximum atomic E-state index is 4.30. The fourth-order valence-corrected chi connectivity index (χ4v) is 5.77. The second-order valence-electron chi connectivity index (χ2n) is 7.16. The van der Waals surface area contributed by atoms with Crippen LogP contribution in [-0.2, 0) is 0 Å². The summed E-state index contributed by atoms with van der Waals surface area (Å²) in [7, 11) is -0.775. The molecule has 18 heavy (non-hydrogen) atoms. The molecule has 0 aromatic heterocycles. The minimum atomic E-state index is -1.33. The number of aryl methyl sites for hydroxylation is 1. The van der Waals surface area contributed by atoms with Crippen molar-refractivity contribution in [1.82, 2.24) is 0 Å². The summed E-state index contributed by atoms with van der Waals surface area (Å²) in [5.41, 5.74) is 2.82. The molecule has 0 aliphatic carbocycles. The van der Waals surface area contributed by atoms with E-state index in [9.17, 15) is 0 Å². The van der Waals surface area contributed by atoms with Gasteiger partial charge in [-0.1, -0.05) is 67.4 Å². The fourth-order valence-electron chi connectivity index (χ4n) is 2.31. The molecular weight excluding hydrogens is 250 g/mol. The first-order chi connectivity index (χ1) is 8.07. The molecular formula is C15H27NSi2. The molecule has 1 aromatic carbocycles. The summed E-state index contributed by atoms with van der Waals surface area (Å²) in [6.45, 7) is 16.7. The van der Waals surface area contributed by atoms with Gasteiger partial charge in [-0.05, 0) is 12.5 Å². The third-order valence-electron chi connectivity index (χ3n) is 3.20. The summed E-state index contributed by atoms with van der Waals surface area (Å²) in [4.78, 5) is 4.30. The van der Waals surface area contributed by atoms with Crippen LogP contribution >= 0.6 is 0 Å². The summed E-state index contributed by atoms with van der Waals surface area (Å²) in [5.74, 6) is 0. The van der Waals surface area contributed by atoms with Crippen LogP contribution in [0.1, 0.15) is 11.1 Å². The van der Waals surface area contributed by atoms with Crippen molar-refractivity contribution in [3.05, 3.63) is 23.3 Å². The lowest BCUT2D eigenvalue weighted by Gasteiger charge is -2.27. The Morgan fingerprint density at radius 2 is 1.28 bits per heavy atom. The minimum absolute atomic E-state index is 1.33. The molecule has 0 spiro atoms. The molecule has 0 heterocycles. The van der Waals surface area contributed by atoms with E-state index in [1.807, 2.05) is 7.05 Å². The Bertz CT molecular complexity index is 427. The van der Waals surface area contributed by atoms with Crippen LogP contribution in [0.15, 0.2) is 17.1 Å². The first kappa shape index (κ1) is 15.4. The zero-order chi connectivity index (χ0) is 14.1. The van der Waals surface area contributed by atoms with Crippen molar-refractivity contribution in [1.29, 1.82) is 0 Å². The van der Waals surface area contributed by atoms with Crippen LogP contribution in [0.25, 0.3) is 0 Å². The van der Waals surface area contributed by atoms with Gasteiger partial charge in [0, 0.05) is 13.3 Å². The largest absolute Gasteiger partial charge is 0.296 e. The van der Waals surface area contributed by atoms with Gasteiger partial charge in [-0.15, -0.1) is 0 Å². The third kappa shape index (κ3) is 3.42. The first-order valence-corrected chi connectivity index (χ1v) is 13.6. The standard InChI is InChI=1S/C15H27NSi2/c1-12-9-14(17(3,4)5)13(11-16-2)15(10-12)18(6,7)8/h9-11H,1-8H3. The highest BCUT2D eigenvalue weighted by Gasteiger charge is 2.27. The predicted octanol–water partition coefficient (Wildman–Crippen LogP) is 3.13. The minimum Gasteiger partial charge on any atom is -0.296 e. The van der Waals surface area contributed by atoms with Crippen molar-refractivity contribution in [3.63, 3.8) is 0 Å². The Hall–Kier alpha value is -0.676. The number of hydrogen-bond donors (Lipinski definition) is 0. The zero-order valence-corrected chi connectivity index (χ0v) is 15.2. The lowest BCUT2D eigenvalue weighted by molar-refractivity contribution is 1.45. The average molecular weight is 278 g/mol. The molecule has 1 aromatic rings. The molecule has 3 heteroatoms. The van der Waals surface area contributed by atoms with E-state index in [-0.39, 0.29) is 0 Å². The van der Waals surface area contributed by atoms with Crippen LogP contribution in [0.4, 0.5) is 0 Å². The number of hydrogen-bond acceptors (Lipinski definition) is 1. The number of nitrogens with zero attached hydrogens (tertiary/aromatic N) is 1. The molecule has 1 nitrogen and oxygen atoms in total. The van der Waals surface area contributed by atoms with Gasteiger partial charge >= 0.3 is 0 Å². The summed E-state index contributed by atoms with van der Waals surface area (Å²) >= 11 is 0. The van der Waals surface area contributed by atoms with Crippen LogP contribution in [0.3, 0.4) is 0 Å². The molecule has 0 radical (unpaired) electrons. The van der Waals surface area contributed by atoms with Crippen LogP contribution in [0, 0.1) is 6.92 Å². The average Bonchev–Trinajstić information content (AvgIpc) is 2.17. The fraction of sp³-hybridized carbons (Fsp3) is 0.533. The molecule has 0 fully saturated rings. The highest BCUT2D eigenvalue weighted by atomic mass is 28.3. The second-order valence-corrected chi connectivity index (χ2v) is 17.2. The van der Waals surface area contributed by atoms with E-state index < -0.39 is 16.1 Å². The molecule has 1 rings (SSSR count). The van der Waals surface area contributed by atoms with Gasteiger partial charge in [0.05, 0.1) is 16.1 Å². The van der Waals surface area contributed by atoms with Gasteiger partial charge in [0.25, 0.3) is 0 Å². The predicted molar refractivity (Wildman–Crippen MR) is 90.7 cm³/mol. The Kier molecular flexibility index (Phi) is 4.39. The van der Waals surface area contributed by atoms with Gasteiger partial charge < -0.3 is 0 Å². The van der Waals surface area contributed by atoms with Crippen molar-refractivity contribution in [2.24, 2.45) is 4.99 Å². The molecule has 100 valence electrons. The van der Waals surface area contributed by atoms with Crippen LogP contribution < -0.4 is 10.4 Å². The van der Waals surface area contributed by atoms with E-state index in [0.29, 0.717) is 0 Å². The zero-order valence-electron chi connectivity index (χ0n) is 13.2.